The molecule has 21 heavy (non-hydrogen) atoms. The molecular formula is C17H28N2O2. The maximum absolute atomic E-state index is 12.4. The Hall–Kier alpha value is -0.770. The standard InChI is InChI=1S/C17H28N2O2/c20-17-19(15-9-5-11-18-10-4-8-14(15)18)16(12-21-17)13-6-2-1-3-7-13/h13-16H,1-12H2/t14-,15+,16-/m1/s1. The highest BCUT2D eigenvalue weighted by molar-refractivity contribution is 5.70. The fourth-order valence-corrected chi connectivity index (χ4v) is 5.30. The summed E-state index contributed by atoms with van der Waals surface area (Å²) < 4.78 is 5.50. The second kappa shape index (κ2) is 5.79. The van der Waals surface area contributed by atoms with Gasteiger partial charge in [0.15, 0.2) is 0 Å². The molecule has 0 N–H and O–H groups in total. The topological polar surface area (TPSA) is 32.8 Å². The molecule has 0 unspecified atom stereocenters. The highest BCUT2D eigenvalue weighted by atomic mass is 16.6. The van der Waals surface area contributed by atoms with E-state index in [1.54, 1.807) is 0 Å². The van der Waals surface area contributed by atoms with Crippen molar-refractivity contribution in [1.29, 1.82) is 0 Å². The molecule has 3 aliphatic heterocycles. The Bertz CT molecular complexity index is 394. The van der Waals surface area contributed by atoms with Gasteiger partial charge >= 0.3 is 6.09 Å². The lowest BCUT2D eigenvalue weighted by Crippen LogP contribution is -2.56. The van der Waals surface area contributed by atoms with Gasteiger partial charge in [-0.05, 0) is 57.5 Å². The Morgan fingerprint density at radius 1 is 0.810 bits per heavy atom. The van der Waals surface area contributed by atoms with E-state index in [4.69, 9.17) is 4.74 Å². The first-order valence-electron chi connectivity index (χ1n) is 9.04. The lowest BCUT2D eigenvalue weighted by Gasteiger charge is -2.44. The van der Waals surface area contributed by atoms with Gasteiger partial charge in [0, 0.05) is 6.04 Å². The van der Waals surface area contributed by atoms with Crippen LogP contribution in [-0.4, -0.2) is 53.7 Å². The highest BCUT2D eigenvalue weighted by Gasteiger charge is 2.47. The Morgan fingerprint density at radius 2 is 1.52 bits per heavy atom. The van der Waals surface area contributed by atoms with Crippen molar-refractivity contribution in [2.45, 2.75) is 75.9 Å². The van der Waals surface area contributed by atoms with Crippen LogP contribution in [-0.2, 0) is 4.74 Å². The summed E-state index contributed by atoms with van der Waals surface area (Å²) in [5, 5.41) is 0. The summed E-state index contributed by atoms with van der Waals surface area (Å²) in [4.78, 5) is 17.2. The Morgan fingerprint density at radius 3 is 2.29 bits per heavy atom. The van der Waals surface area contributed by atoms with Gasteiger partial charge in [-0.3, -0.25) is 9.80 Å². The quantitative estimate of drug-likeness (QED) is 0.784. The van der Waals surface area contributed by atoms with Crippen LogP contribution in [0.25, 0.3) is 0 Å². The first kappa shape index (κ1) is 13.9. The second-order valence-corrected chi connectivity index (χ2v) is 7.40. The monoisotopic (exact) mass is 292 g/mol. The number of nitrogens with zero attached hydrogens (tertiary/aromatic N) is 2. The van der Waals surface area contributed by atoms with Crippen LogP contribution in [0.1, 0.15) is 57.8 Å². The normalized spacial score (nSPS) is 38.6. The number of hydrogen-bond donors (Lipinski definition) is 0. The molecule has 0 aromatic heterocycles. The van der Waals surface area contributed by atoms with Gasteiger partial charge in [-0.15, -0.1) is 0 Å². The SMILES string of the molecule is O=C1OC[C@H](C2CCCCC2)N1[C@H]1CCCN2CCC[C@H]12. The van der Waals surface area contributed by atoms with Gasteiger partial charge in [0.1, 0.15) is 6.61 Å². The summed E-state index contributed by atoms with van der Waals surface area (Å²) in [5.74, 6) is 0.682. The van der Waals surface area contributed by atoms with Gasteiger partial charge in [0.25, 0.3) is 0 Å². The van der Waals surface area contributed by atoms with E-state index in [-0.39, 0.29) is 6.09 Å². The van der Waals surface area contributed by atoms with Crippen LogP contribution in [0, 0.1) is 5.92 Å². The summed E-state index contributed by atoms with van der Waals surface area (Å²) in [6, 6.07) is 1.39. The first-order chi connectivity index (χ1) is 10.3. The molecule has 4 rings (SSSR count). The minimum absolute atomic E-state index is 0.0238. The minimum atomic E-state index is -0.0238. The number of hydrogen-bond acceptors (Lipinski definition) is 3. The molecule has 3 atom stereocenters. The predicted octanol–water partition coefficient (Wildman–Crippen LogP) is 3.01. The molecule has 4 fully saturated rings. The molecule has 1 aliphatic carbocycles. The van der Waals surface area contributed by atoms with Crippen LogP contribution in [0.4, 0.5) is 4.79 Å². The number of ether oxygens (including phenoxy) is 1. The molecule has 0 aromatic carbocycles. The van der Waals surface area contributed by atoms with E-state index in [9.17, 15) is 4.79 Å². The lowest BCUT2D eigenvalue weighted by atomic mass is 9.82. The van der Waals surface area contributed by atoms with Crippen molar-refractivity contribution in [2.75, 3.05) is 19.7 Å². The summed E-state index contributed by atoms with van der Waals surface area (Å²) in [5.41, 5.74) is 0. The molecule has 0 spiro atoms. The fourth-order valence-electron chi connectivity index (χ4n) is 5.30. The number of rotatable bonds is 2. The Balaban J connectivity index is 1.53. The van der Waals surface area contributed by atoms with E-state index in [2.05, 4.69) is 9.80 Å². The van der Waals surface area contributed by atoms with E-state index in [0.29, 0.717) is 30.7 Å². The fraction of sp³-hybridized carbons (Fsp3) is 0.941. The average Bonchev–Trinajstić information content (AvgIpc) is 3.14. The maximum atomic E-state index is 12.4. The van der Waals surface area contributed by atoms with Gasteiger partial charge in [0.2, 0.25) is 0 Å². The molecule has 1 amide bonds. The van der Waals surface area contributed by atoms with E-state index in [1.807, 2.05) is 0 Å². The van der Waals surface area contributed by atoms with Gasteiger partial charge in [0.05, 0.1) is 12.1 Å². The number of piperidine rings is 1. The van der Waals surface area contributed by atoms with Crippen LogP contribution >= 0.6 is 0 Å². The van der Waals surface area contributed by atoms with Gasteiger partial charge in [-0.25, -0.2) is 4.79 Å². The van der Waals surface area contributed by atoms with Crippen LogP contribution in [0.15, 0.2) is 0 Å². The highest BCUT2D eigenvalue weighted by Crippen LogP contribution is 2.38. The molecule has 4 aliphatic rings. The molecule has 0 aromatic rings. The predicted molar refractivity (Wildman–Crippen MR) is 81.2 cm³/mol. The molecule has 0 bridgehead atoms. The van der Waals surface area contributed by atoms with Crippen molar-refractivity contribution < 1.29 is 9.53 Å². The third-order valence-corrected chi connectivity index (χ3v) is 6.30. The Kier molecular flexibility index (Phi) is 3.82. The van der Waals surface area contributed by atoms with Crippen molar-refractivity contribution in [3.63, 3.8) is 0 Å². The summed E-state index contributed by atoms with van der Waals surface area (Å²) in [6.45, 7) is 3.11. The number of amides is 1. The maximum Gasteiger partial charge on any atom is 0.410 e. The lowest BCUT2D eigenvalue weighted by molar-refractivity contribution is 0.0538. The molecular weight excluding hydrogens is 264 g/mol. The van der Waals surface area contributed by atoms with Gasteiger partial charge in [-0.1, -0.05) is 19.3 Å². The third-order valence-electron chi connectivity index (χ3n) is 6.30. The smallest absolute Gasteiger partial charge is 0.410 e. The molecule has 118 valence electrons. The third kappa shape index (κ3) is 2.45. The summed E-state index contributed by atoms with van der Waals surface area (Å²) in [7, 11) is 0. The van der Waals surface area contributed by atoms with E-state index >= 15 is 0 Å². The molecule has 1 saturated carbocycles. The number of carbonyl (C=O) groups is 1. The number of carbonyl (C=O) groups excluding carboxylic acids is 1. The van der Waals surface area contributed by atoms with E-state index in [0.717, 1.165) is 0 Å². The summed E-state index contributed by atoms with van der Waals surface area (Å²) >= 11 is 0. The van der Waals surface area contributed by atoms with Gasteiger partial charge < -0.3 is 4.74 Å². The van der Waals surface area contributed by atoms with Crippen LogP contribution < -0.4 is 0 Å². The van der Waals surface area contributed by atoms with Crippen molar-refractivity contribution in [3.05, 3.63) is 0 Å². The number of cyclic esters (lactones) is 1. The summed E-state index contributed by atoms with van der Waals surface area (Å²) in [6.07, 6.45) is 11.6. The first-order valence-corrected chi connectivity index (χ1v) is 9.04. The zero-order chi connectivity index (χ0) is 14.2. The van der Waals surface area contributed by atoms with Crippen LogP contribution in [0.3, 0.4) is 0 Å². The minimum Gasteiger partial charge on any atom is -0.447 e. The molecule has 4 nitrogen and oxygen atoms in total. The van der Waals surface area contributed by atoms with Crippen LogP contribution in [0.2, 0.25) is 0 Å². The second-order valence-electron chi connectivity index (χ2n) is 7.40. The molecule has 4 heteroatoms. The van der Waals surface area contributed by atoms with Crippen molar-refractivity contribution >= 4 is 6.09 Å². The van der Waals surface area contributed by atoms with E-state index < -0.39 is 0 Å². The molecule has 3 saturated heterocycles. The average molecular weight is 292 g/mol. The van der Waals surface area contributed by atoms with Crippen molar-refractivity contribution in [1.82, 2.24) is 9.80 Å². The largest absolute Gasteiger partial charge is 0.447 e. The van der Waals surface area contributed by atoms with Crippen molar-refractivity contribution in [2.24, 2.45) is 5.92 Å². The Labute approximate surface area is 127 Å². The van der Waals surface area contributed by atoms with Crippen LogP contribution in [0.5, 0.6) is 0 Å². The molecule has 0 radical (unpaired) electrons. The number of fused-ring (bicyclic) bond motifs is 1. The zero-order valence-electron chi connectivity index (χ0n) is 13.0. The van der Waals surface area contributed by atoms with E-state index in [1.165, 1.54) is 70.9 Å². The van der Waals surface area contributed by atoms with Gasteiger partial charge in [-0.2, -0.15) is 0 Å². The molecule has 3 heterocycles. The van der Waals surface area contributed by atoms with Crippen molar-refractivity contribution in [3.8, 4) is 0 Å². The zero-order valence-corrected chi connectivity index (χ0v) is 13.0.